The van der Waals surface area contributed by atoms with Crippen LogP contribution in [0.2, 0.25) is 0 Å². The molecule has 63 heavy (non-hydrogen) atoms. The van der Waals surface area contributed by atoms with E-state index in [0.29, 0.717) is 0 Å². The van der Waals surface area contributed by atoms with Gasteiger partial charge in [-0.1, -0.05) is 170 Å². The Kier molecular flexibility index (Phi) is 7.91. The Bertz CT molecular complexity index is 3770. The average molecular weight is 803 g/mol. The largest absolute Gasteiger partial charge is 0.453 e. The average Bonchev–Trinajstić information content (AvgIpc) is 3.68. The second kappa shape index (κ2) is 14.1. The third-order valence-electron chi connectivity index (χ3n) is 12.9. The minimum Gasteiger partial charge on any atom is -0.453 e. The number of para-hydroxylation sites is 1. The van der Waals surface area contributed by atoms with Crippen molar-refractivity contribution in [2.24, 2.45) is 0 Å². The summed E-state index contributed by atoms with van der Waals surface area (Å²) < 4.78 is 9.22. The van der Waals surface area contributed by atoms with Crippen LogP contribution >= 0.6 is 0 Å². The van der Waals surface area contributed by atoms with Crippen molar-refractivity contribution in [3.8, 4) is 50.6 Å². The first kappa shape index (κ1) is 35.4. The van der Waals surface area contributed by atoms with Crippen LogP contribution in [0.4, 0.5) is 17.1 Å². The van der Waals surface area contributed by atoms with Crippen LogP contribution in [0.1, 0.15) is 0 Å². The van der Waals surface area contributed by atoms with Crippen LogP contribution in [0.15, 0.2) is 231 Å². The van der Waals surface area contributed by atoms with Gasteiger partial charge in [-0.2, -0.15) is 0 Å². The van der Waals surface area contributed by atoms with Crippen LogP contribution in [0.5, 0.6) is 11.5 Å². The maximum atomic E-state index is 6.78. The first-order valence-corrected chi connectivity index (χ1v) is 21.6. The van der Waals surface area contributed by atoms with E-state index in [0.717, 1.165) is 45.1 Å². The van der Waals surface area contributed by atoms with Crippen LogP contribution in [0, 0.1) is 0 Å². The molecule has 0 saturated heterocycles. The topological polar surface area (TPSA) is 17.4 Å². The summed E-state index contributed by atoms with van der Waals surface area (Å²) in [6.07, 6.45) is 0. The molecular weight excluding hydrogens is 765 g/mol. The molecule has 0 atom stereocenters. The van der Waals surface area contributed by atoms with Gasteiger partial charge >= 0.3 is 0 Å². The Morgan fingerprint density at radius 2 is 0.873 bits per heavy atom. The monoisotopic (exact) mass is 802 g/mol. The molecular formula is C60H38N2O. The van der Waals surface area contributed by atoms with E-state index >= 15 is 0 Å². The van der Waals surface area contributed by atoms with Gasteiger partial charge in [0.15, 0.2) is 11.5 Å². The molecule has 13 rings (SSSR count). The van der Waals surface area contributed by atoms with Crippen molar-refractivity contribution in [3.05, 3.63) is 231 Å². The number of benzene rings is 11. The Hall–Kier alpha value is -8.40. The second-order valence-electron chi connectivity index (χ2n) is 16.5. The lowest BCUT2D eigenvalue weighted by molar-refractivity contribution is 0.478. The van der Waals surface area contributed by atoms with Crippen molar-refractivity contribution in [3.63, 3.8) is 0 Å². The van der Waals surface area contributed by atoms with Gasteiger partial charge in [0.05, 0.1) is 28.1 Å². The van der Waals surface area contributed by atoms with Crippen LogP contribution < -0.4 is 9.64 Å². The molecule has 0 spiro atoms. The summed E-state index contributed by atoms with van der Waals surface area (Å²) in [6.45, 7) is 0. The molecule has 1 aliphatic heterocycles. The number of hydrogen-bond donors (Lipinski definition) is 0. The molecule has 0 amide bonds. The van der Waals surface area contributed by atoms with Gasteiger partial charge in [0.25, 0.3) is 0 Å². The van der Waals surface area contributed by atoms with Gasteiger partial charge in [-0.05, 0) is 121 Å². The van der Waals surface area contributed by atoms with Gasteiger partial charge in [0.2, 0.25) is 0 Å². The lowest BCUT2D eigenvalue weighted by Crippen LogP contribution is -2.16. The van der Waals surface area contributed by atoms with Crippen LogP contribution in [0.3, 0.4) is 0 Å². The summed E-state index contributed by atoms with van der Waals surface area (Å²) >= 11 is 0. The van der Waals surface area contributed by atoms with E-state index in [2.05, 4.69) is 240 Å². The number of ether oxygens (including phenoxy) is 1. The molecule has 11 aromatic carbocycles. The number of fused-ring (bicyclic) bond motifs is 8. The normalized spacial score (nSPS) is 12.2. The Morgan fingerprint density at radius 1 is 0.286 bits per heavy atom. The summed E-state index contributed by atoms with van der Waals surface area (Å²) in [7, 11) is 0. The van der Waals surface area contributed by atoms with Gasteiger partial charge in [-0.25, -0.2) is 0 Å². The maximum Gasteiger partial charge on any atom is 0.152 e. The standard InChI is InChI=1S/C60H38N2O/c1-2-13-39(14-3-1)49-31-33-55(51-21-9-8-20-50(49)51)62-54-24-11-10-22-52(54)53-35-44(27-32-56(53)62)45-28-34-59-57(37-45)61(58-36-42-16-4-5-17-43(42)38-60(58)63-59)46-29-25-41(26-30-46)48-23-12-18-40-15-6-7-19-47(40)48/h1-38H. The zero-order valence-electron chi connectivity index (χ0n) is 34.2. The quantitative estimate of drug-likeness (QED) is 0.172. The molecule has 0 fully saturated rings. The Morgan fingerprint density at radius 3 is 1.71 bits per heavy atom. The van der Waals surface area contributed by atoms with Crippen molar-refractivity contribution in [1.82, 2.24) is 4.57 Å². The minimum absolute atomic E-state index is 0.822. The van der Waals surface area contributed by atoms with E-state index in [1.165, 1.54) is 76.7 Å². The summed E-state index contributed by atoms with van der Waals surface area (Å²) in [5.41, 5.74) is 13.7. The molecule has 0 saturated carbocycles. The first-order valence-electron chi connectivity index (χ1n) is 21.6. The molecule has 0 unspecified atom stereocenters. The third-order valence-corrected chi connectivity index (χ3v) is 12.9. The molecule has 1 aromatic heterocycles. The first-order chi connectivity index (χ1) is 31.2. The van der Waals surface area contributed by atoms with Gasteiger partial charge in [0.1, 0.15) is 0 Å². The number of hydrogen-bond acceptors (Lipinski definition) is 2. The Balaban J connectivity index is 0.954. The van der Waals surface area contributed by atoms with Crippen molar-refractivity contribution in [2.75, 3.05) is 4.90 Å². The van der Waals surface area contributed by atoms with E-state index < -0.39 is 0 Å². The second-order valence-corrected chi connectivity index (χ2v) is 16.5. The van der Waals surface area contributed by atoms with E-state index in [1.54, 1.807) is 0 Å². The molecule has 0 N–H and O–H groups in total. The highest BCUT2D eigenvalue weighted by Gasteiger charge is 2.28. The van der Waals surface area contributed by atoms with Crippen LogP contribution in [-0.4, -0.2) is 4.57 Å². The van der Waals surface area contributed by atoms with Crippen molar-refractivity contribution >= 4 is 71.2 Å². The molecule has 0 radical (unpaired) electrons. The Labute approximate surface area is 364 Å². The lowest BCUT2D eigenvalue weighted by atomic mass is 9.97. The SMILES string of the molecule is c1ccc(-c2ccc(-n3c4ccccc4c4cc(-c5ccc6c(c5)N(c5ccc(-c7cccc8ccccc78)cc5)c5cc7ccccc7cc5O6)ccc43)c3ccccc23)cc1. The zero-order valence-corrected chi connectivity index (χ0v) is 34.2. The number of nitrogens with zero attached hydrogens (tertiary/aromatic N) is 2. The summed E-state index contributed by atoms with van der Waals surface area (Å²) in [6, 6.07) is 83.5. The van der Waals surface area contributed by atoms with Crippen LogP contribution in [-0.2, 0) is 0 Å². The maximum absolute atomic E-state index is 6.78. The predicted octanol–water partition coefficient (Wildman–Crippen LogP) is 16.8. The molecule has 1 aliphatic rings. The van der Waals surface area contributed by atoms with Gasteiger partial charge in [-0.3, -0.25) is 0 Å². The highest BCUT2D eigenvalue weighted by atomic mass is 16.5. The minimum atomic E-state index is 0.822. The number of aromatic nitrogens is 1. The summed E-state index contributed by atoms with van der Waals surface area (Å²) in [5.74, 6) is 1.66. The van der Waals surface area contributed by atoms with Crippen molar-refractivity contribution in [1.29, 1.82) is 0 Å². The molecule has 2 heterocycles. The fourth-order valence-electron chi connectivity index (χ4n) is 9.98. The van der Waals surface area contributed by atoms with Crippen molar-refractivity contribution < 1.29 is 4.74 Å². The van der Waals surface area contributed by atoms with E-state index in [4.69, 9.17) is 4.74 Å². The zero-order chi connectivity index (χ0) is 41.4. The molecule has 12 aromatic rings. The van der Waals surface area contributed by atoms with Gasteiger partial charge in [-0.15, -0.1) is 0 Å². The van der Waals surface area contributed by atoms with Gasteiger partial charge in [0, 0.05) is 21.8 Å². The molecule has 0 aliphatic carbocycles. The summed E-state index contributed by atoms with van der Waals surface area (Å²) in [5, 5.41) is 9.70. The van der Waals surface area contributed by atoms with Crippen molar-refractivity contribution in [2.45, 2.75) is 0 Å². The van der Waals surface area contributed by atoms with E-state index in [-0.39, 0.29) is 0 Å². The highest BCUT2D eigenvalue weighted by molar-refractivity contribution is 6.13. The molecule has 294 valence electrons. The molecule has 3 nitrogen and oxygen atoms in total. The van der Waals surface area contributed by atoms with E-state index in [1.807, 2.05) is 0 Å². The lowest BCUT2D eigenvalue weighted by Gasteiger charge is -2.33. The molecule has 3 heteroatoms. The third kappa shape index (κ3) is 5.67. The molecule has 0 bridgehead atoms. The smallest absolute Gasteiger partial charge is 0.152 e. The summed E-state index contributed by atoms with van der Waals surface area (Å²) in [4.78, 5) is 2.37. The van der Waals surface area contributed by atoms with E-state index in [9.17, 15) is 0 Å². The predicted molar refractivity (Wildman–Crippen MR) is 264 cm³/mol. The van der Waals surface area contributed by atoms with Crippen LogP contribution in [0.25, 0.3) is 93.2 Å². The van der Waals surface area contributed by atoms with Gasteiger partial charge < -0.3 is 14.2 Å². The fourth-order valence-corrected chi connectivity index (χ4v) is 9.98. The fraction of sp³-hybridized carbons (Fsp3) is 0. The number of anilines is 3. The highest BCUT2D eigenvalue weighted by Crippen LogP contribution is 2.53. The number of rotatable bonds is 5.